The summed E-state index contributed by atoms with van der Waals surface area (Å²) in [5.41, 5.74) is 15.0. The van der Waals surface area contributed by atoms with Crippen LogP contribution in [0.1, 0.15) is 23.6 Å². The lowest BCUT2D eigenvalue weighted by Gasteiger charge is -2.09. The smallest absolute Gasteiger partial charge is 0.0366 e. The van der Waals surface area contributed by atoms with Gasteiger partial charge in [-0.25, -0.2) is 0 Å². The molecule has 1 atom stereocenters. The topological polar surface area (TPSA) is 52.0 Å². The van der Waals surface area contributed by atoms with E-state index in [4.69, 9.17) is 11.5 Å². The second-order valence-corrected chi connectivity index (χ2v) is 4.03. The molecule has 0 heterocycles. The monoisotopic (exact) mass is 226 g/mol. The molecule has 1 aromatic carbocycles. The Kier molecular flexibility index (Phi) is 1.85. The molecule has 2 rings (SSSR count). The van der Waals surface area contributed by atoms with E-state index in [1.807, 2.05) is 12.1 Å². The standard InChI is InChI=1S/C9H11BrN2/c10-6-2-4-8(12)9-5(6)1-3-7(9)11/h2,4,7H,1,3,11-12H2. The van der Waals surface area contributed by atoms with E-state index in [0.717, 1.165) is 28.6 Å². The van der Waals surface area contributed by atoms with Crippen LogP contribution in [-0.4, -0.2) is 0 Å². The Balaban J connectivity index is 2.64. The molecule has 0 saturated heterocycles. The minimum absolute atomic E-state index is 0.137. The van der Waals surface area contributed by atoms with Crippen molar-refractivity contribution in [1.82, 2.24) is 0 Å². The van der Waals surface area contributed by atoms with Crippen LogP contribution in [0, 0.1) is 0 Å². The number of nitrogen functional groups attached to an aromatic ring is 1. The van der Waals surface area contributed by atoms with E-state index >= 15 is 0 Å². The molecular formula is C9H11BrN2. The highest BCUT2D eigenvalue weighted by atomic mass is 79.9. The van der Waals surface area contributed by atoms with Crippen molar-refractivity contribution in [3.63, 3.8) is 0 Å². The van der Waals surface area contributed by atoms with E-state index in [2.05, 4.69) is 15.9 Å². The van der Waals surface area contributed by atoms with E-state index < -0.39 is 0 Å². The van der Waals surface area contributed by atoms with Gasteiger partial charge in [0.1, 0.15) is 0 Å². The minimum Gasteiger partial charge on any atom is -0.398 e. The highest BCUT2D eigenvalue weighted by Gasteiger charge is 2.23. The molecule has 12 heavy (non-hydrogen) atoms. The van der Waals surface area contributed by atoms with Crippen LogP contribution in [0.5, 0.6) is 0 Å². The van der Waals surface area contributed by atoms with Gasteiger partial charge in [0, 0.05) is 16.2 Å². The third-order valence-corrected chi connectivity index (χ3v) is 3.15. The Bertz CT molecular complexity index is 323. The summed E-state index contributed by atoms with van der Waals surface area (Å²) in [5, 5.41) is 0. The van der Waals surface area contributed by atoms with E-state index in [9.17, 15) is 0 Å². The minimum atomic E-state index is 0.137. The third-order valence-electron chi connectivity index (χ3n) is 2.41. The lowest BCUT2D eigenvalue weighted by molar-refractivity contribution is 0.714. The molecule has 0 aromatic heterocycles. The zero-order valence-corrected chi connectivity index (χ0v) is 8.26. The number of benzene rings is 1. The lowest BCUT2D eigenvalue weighted by atomic mass is 10.1. The van der Waals surface area contributed by atoms with Crippen LogP contribution >= 0.6 is 15.9 Å². The number of hydrogen-bond acceptors (Lipinski definition) is 2. The van der Waals surface area contributed by atoms with E-state index in [0.29, 0.717) is 0 Å². The van der Waals surface area contributed by atoms with Gasteiger partial charge < -0.3 is 11.5 Å². The molecule has 3 heteroatoms. The number of halogens is 1. The zero-order chi connectivity index (χ0) is 8.72. The predicted octanol–water partition coefficient (Wildman–Crippen LogP) is 1.98. The number of fused-ring (bicyclic) bond motifs is 1. The molecule has 1 aromatic rings. The Hall–Kier alpha value is -0.540. The van der Waals surface area contributed by atoms with Gasteiger partial charge in [-0.15, -0.1) is 0 Å². The van der Waals surface area contributed by atoms with Gasteiger partial charge in [-0.05, 0) is 36.1 Å². The van der Waals surface area contributed by atoms with Crippen molar-refractivity contribution in [2.24, 2.45) is 5.73 Å². The molecule has 2 nitrogen and oxygen atoms in total. The summed E-state index contributed by atoms with van der Waals surface area (Å²) in [6.45, 7) is 0. The average molecular weight is 227 g/mol. The van der Waals surface area contributed by atoms with Crippen LogP contribution < -0.4 is 11.5 Å². The van der Waals surface area contributed by atoms with Crippen molar-refractivity contribution in [1.29, 1.82) is 0 Å². The molecular weight excluding hydrogens is 216 g/mol. The highest BCUT2D eigenvalue weighted by Crippen LogP contribution is 2.37. The van der Waals surface area contributed by atoms with Crippen molar-refractivity contribution in [3.05, 3.63) is 27.7 Å². The highest BCUT2D eigenvalue weighted by molar-refractivity contribution is 9.10. The molecule has 0 radical (unpaired) electrons. The first-order valence-corrected chi connectivity index (χ1v) is 4.82. The van der Waals surface area contributed by atoms with Gasteiger partial charge in [0.2, 0.25) is 0 Å². The fraction of sp³-hybridized carbons (Fsp3) is 0.333. The van der Waals surface area contributed by atoms with Gasteiger partial charge in [-0.3, -0.25) is 0 Å². The first-order chi connectivity index (χ1) is 5.70. The summed E-state index contributed by atoms with van der Waals surface area (Å²) in [4.78, 5) is 0. The predicted molar refractivity (Wildman–Crippen MR) is 53.8 cm³/mol. The molecule has 0 spiro atoms. The second kappa shape index (κ2) is 2.75. The molecule has 1 unspecified atom stereocenters. The van der Waals surface area contributed by atoms with Crippen molar-refractivity contribution in [2.45, 2.75) is 18.9 Å². The zero-order valence-electron chi connectivity index (χ0n) is 6.68. The molecule has 0 amide bonds. The van der Waals surface area contributed by atoms with Crippen LogP contribution in [0.15, 0.2) is 16.6 Å². The Morgan fingerprint density at radius 1 is 1.42 bits per heavy atom. The molecule has 4 N–H and O–H groups in total. The van der Waals surface area contributed by atoms with Crippen molar-refractivity contribution < 1.29 is 0 Å². The Morgan fingerprint density at radius 3 is 2.83 bits per heavy atom. The fourth-order valence-corrected chi connectivity index (χ4v) is 2.34. The van der Waals surface area contributed by atoms with Crippen LogP contribution in [0.25, 0.3) is 0 Å². The normalized spacial score (nSPS) is 21.0. The SMILES string of the molecule is Nc1ccc(Br)c2c1C(N)CC2. The molecule has 64 valence electrons. The third kappa shape index (κ3) is 1.04. The second-order valence-electron chi connectivity index (χ2n) is 3.17. The molecule has 0 aliphatic heterocycles. The molecule has 1 aliphatic rings. The summed E-state index contributed by atoms with van der Waals surface area (Å²) >= 11 is 3.50. The number of anilines is 1. The molecule has 0 saturated carbocycles. The maximum absolute atomic E-state index is 5.92. The van der Waals surface area contributed by atoms with Gasteiger partial charge >= 0.3 is 0 Å². The van der Waals surface area contributed by atoms with Crippen LogP contribution in [-0.2, 0) is 6.42 Å². The van der Waals surface area contributed by atoms with Gasteiger partial charge in [0.25, 0.3) is 0 Å². The van der Waals surface area contributed by atoms with Crippen molar-refractivity contribution in [2.75, 3.05) is 5.73 Å². The maximum atomic E-state index is 5.92. The first kappa shape index (κ1) is 8.08. The maximum Gasteiger partial charge on any atom is 0.0366 e. The first-order valence-electron chi connectivity index (χ1n) is 4.02. The van der Waals surface area contributed by atoms with Gasteiger partial charge in [0.05, 0.1) is 0 Å². The fourth-order valence-electron chi connectivity index (χ4n) is 1.79. The largest absolute Gasteiger partial charge is 0.398 e. The van der Waals surface area contributed by atoms with Crippen LogP contribution in [0.4, 0.5) is 5.69 Å². The lowest BCUT2D eigenvalue weighted by Crippen LogP contribution is -2.08. The Labute approximate surface area is 80.1 Å². The molecule has 1 aliphatic carbocycles. The van der Waals surface area contributed by atoms with Crippen LogP contribution in [0.3, 0.4) is 0 Å². The Morgan fingerprint density at radius 2 is 2.17 bits per heavy atom. The van der Waals surface area contributed by atoms with Crippen LogP contribution in [0.2, 0.25) is 0 Å². The number of hydrogen-bond donors (Lipinski definition) is 2. The molecule has 0 fully saturated rings. The number of rotatable bonds is 0. The van der Waals surface area contributed by atoms with Gasteiger partial charge in [-0.2, -0.15) is 0 Å². The van der Waals surface area contributed by atoms with Crippen molar-refractivity contribution >= 4 is 21.6 Å². The summed E-state index contributed by atoms with van der Waals surface area (Å²) < 4.78 is 1.14. The van der Waals surface area contributed by atoms with Crippen molar-refractivity contribution in [3.8, 4) is 0 Å². The average Bonchev–Trinajstić information content (AvgIpc) is 2.42. The van der Waals surface area contributed by atoms with E-state index in [-0.39, 0.29) is 6.04 Å². The summed E-state index contributed by atoms with van der Waals surface area (Å²) in [6, 6.07) is 4.04. The summed E-state index contributed by atoms with van der Waals surface area (Å²) in [7, 11) is 0. The summed E-state index contributed by atoms with van der Waals surface area (Å²) in [5.74, 6) is 0. The van der Waals surface area contributed by atoms with E-state index in [1.54, 1.807) is 0 Å². The summed E-state index contributed by atoms with van der Waals surface area (Å²) in [6.07, 6.45) is 2.06. The van der Waals surface area contributed by atoms with Gasteiger partial charge in [-0.1, -0.05) is 15.9 Å². The number of nitrogens with two attached hydrogens (primary N) is 2. The van der Waals surface area contributed by atoms with Gasteiger partial charge in [0.15, 0.2) is 0 Å². The van der Waals surface area contributed by atoms with E-state index in [1.165, 1.54) is 5.56 Å². The molecule has 0 bridgehead atoms. The quantitative estimate of drug-likeness (QED) is 0.666.